The minimum atomic E-state index is -3.46. The van der Waals surface area contributed by atoms with Crippen LogP contribution in [0.3, 0.4) is 0 Å². The van der Waals surface area contributed by atoms with Gasteiger partial charge in [-0.15, -0.1) is 0 Å². The van der Waals surface area contributed by atoms with Gasteiger partial charge in [-0.25, -0.2) is 4.98 Å². The number of nitrogens with two attached hydrogens (primary N) is 1. The van der Waals surface area contributed by atoms with Gasteiger partial charge in [-0.2, -0.15) is 0 Å². The van der Waals surface area contributed by atoms with Crippen molar-refractivity contribution >= 4 is 30.8 Å². The average Bonchev–Trinajstić information content (AvgIpc) is 2.29. The molecule has 0 unspecified atom stereocenters. The van der Waals surface area contributed by atoms with Gasteiger partial charge >= 0.3 is 7.60 Å². The Kier molecular flexibility index (Phi) is 6.05. The fourth-order valence-corrected chi connectivity index (χ4v) is 3.57. The van der Waals surface area contributed by atoms with Crippen molar-refractivity contribution in [2.24, 2.45) is 5.73 Å². The summed E-state index contributed by atoms with van der Waals surface area (Å²) >= 11 is 11.6. The minimum absolute atomic E-state index is 0.0923. The lowest BCUT2D eigenvalue weighted by atomic mass is 10.3. The third-order valence-electron chi connectivity index (χ3n) is 2.12. The van der Waals surface area contributed by atoms with Gasteiger partial charge < -0.3 is 14.8 Å². The molecule has 1 aromatic heterocycles. The van der Waals surface area contributed by atoms with E-state index in [1.54, 1.807) is 19.9 Å². The monoisotopic (exact) mass is 312 g/mol. The van der Waals surface area contributed by atoms with E-state index < -0.39 is 13.4 Å². The Balaban J connectivity index is 3.09. The van der Waals surface area contributed by atoms with E-state index in [9.17, 15) is 4.57 Å². The summed E-state index contributed by atoms with van der Waals surface area (Å²) in [7, 11) is -3.46. The van der Waals surface area contributed by atoms with Crippen molar-refractivity contribution in [1.29, 1.82) is 0 Å². The molecule has 0 spiro atoms. The molecule has 1 aromatic rings. The van der Waals surface area contributed by atoms with E-state index in [1.165, 1.54) is 6.07 Å². The predicted octanol–water partition coefficient (Wildman–Crippen LogP) is 3.61. The maximum Gasteiger partial charge on any atom is 0.351 e. The van der Waals surface area contributed by atoms with Crippen LogP contribution in [0.25, 0.3) is 0 Å². The lowest BCUT2D eigenvalue weighted by molar-refractivity contribution is 0.212. The predicted molar refractivity (Wildman–Crippen MR) is 72.0 cm³/mol. The van der Waals surface area contributed by atoms with Gasteiger partial charge in [-0.05, 0) is 19.9 Å². The zero-order chi connectivity index (χ0) is 13.8. The summed E-state index contributed by atoms with van der Waals surface area (Å²) in [6.45, 7) is 3.87. The topological polar surface area (TPSA) is 74.4 Å². The Bertz CT molecular complexity index is 449. The quantitative estimate of drug-likeness (QED) is 0.641. The Hall–Kier alpha value is -0.160. The Morgan fingerprint density at radius 2 is 1.89 bits per heavy atom. The molecule has 5 nitrogen and oxygen atoms in total. The van der Waals surface area contributed by atoms with Gasteiger partial charge in [0.1, 0.15) is 16.1 Å². The average molecular weight is 313 g/mol. The molecule has 0 fully saturated rings. The fraction of sp³-hybridized carbons (Fsp3) is 0.500. The molecule has 0 saturated heterocycles. The highest BCUT2D eigenvalue weighted by Gasteiger charge is 2.35. The van der Waals surface area contributed by atoms with Crippen molar-refractivity contribution in [3.63, 3.8) is 0 Å². The summed E-state index contributed by atoms with van der Waals surface area (Å²) in [5.74, 6) is -0.991. The van der Waals surface area contributed by atoms with Crippen molar-refractivity contribution in [3.8, 4) is 0 Å². The number of rotatable bonds is 6. The number of aromatic nitrogens is 1. The Labute approximate surface area is 116 Å². The number of halogens is 2. The largest absolute Gasteiger partial charge is 0.351 e. The van der Waals surface area contributed by atoms with Crippen LogP contribution in [-0.2, 0) is 13.6 Å². The summed E-state index contributed by atoms with van der Waals surface area (Å²) in [6, 6.07) is 3.08. The molecule has 18 heavy (non-hydrogen) atoms. The third kappa shape index (κ3) is 3.67. The van der Waals surface area contributed by atoms with Crippen molar-refractivity contribution in [2.45, 2.75) is 19.6 Å². The molecule has 1 heterocycles. The lowest BCUT2D eigenvalue weighted by Crippen LogP contribution is -2.15. The van der Waals surface area contributed by atoms with Crippen LogP contribution in [0.4, 0.5) is 0 Å². The maximum absolute atomic E-state index is 12.5. The Morgan fingerprint density at radius 3 is 2.33 bits per heavy atom. The Morgan fingerprint density at radius 1 is 1.33 bits per heavy atom. The maximum atomic E-state index is 12.5. The van der Waals surface area contributed by atoms with E-state index in [1.807, 2.05) is 0 Å². The van der Waals surface area contributed by atoms with Gasteiger partial charge in [0.15, 0.2) is 0 Å². The summed E-state index contributed by atoms with van der Waals surface area (Å²) in [4.78, 5) is 3.85. The summed E-state index contributed by atoms with van der Waals surface area (Å²) in [5, 5.41) is 0.327. The molecule has 0 amide bonds. The molecule has 1 atom stereocenters. The first-order valence-corrected chi connectivity index (χ1v) is 7.77. The number of nitrogens with zero attached hydrogens (tertiary/aromatic N) is 1. The highest BCUT2D eigenvalue weighted by Crippen LogP contribution is 2.58. The number of hydrogen-bond donors (Lipinski definition) is 1. The molecule has 0 aliphatic heterocycles. The van der Waals surface area contributed by atoms with Crippen LogP contribution < -0.4 is 5.73 Å². The van der Waals surface area contributed by atoms with Crippen molar-refractivity contribution in [1.82, 2.24) is 4.98 Å². The standard InChI is InChI=1S/C10H15Cl2N2O3P/c1-3-16-18(15,17-4-2)10(13)7-5-6-8(11)14-9(7)12/h5-6,10H,3-4,13H2,1-2H3/t10-/m1/s1. The first-order valence-electron chi connectivity index (χ1n) is 5.41. The van der Waals surface area contributed by atoms with E-state index in [0.717, 1.165) is 0 Å². The van der Waals surface area contributed by atoms with Crippen LogP contribution in [0.15, 0.2) is 12.1 Å². The van der Waals surface area contributed by atoms with E-state index in [4.69, 9.17) is 38.0 Å². The van der Waals surface area contributed by atoms with Crippen LogP contribution in [-0.4, -0.2) is 18.2 Å². The van der Waals surface area contributed by atoms with E-state index in [2.05, 4.69) is 4.98 Å². The number of pyridine rings is 1. The molecule has 102 valence electrons. The molecule has 0 aliphatic rings. The minimum Gasteiger partial charge on any atom is -0.314 e. The third-order valence-corrected chi connectivity index (χ3v) is 4.83. The smallest absolute Gasteiger partial charge is 0.314 e. The number of hydrogen-bond acceptors (Lipinski definition) is 5. The normalized spacial score (nSPS) is 13.6. The molecule has 0 radical (unpaired) electrons. The van der Waals surface area contributed by atoms with Gasteiger partial charge in [0, 0.05) is 5.56 Å². The lowest BCUT2D eigenvalue weighted by Gasteiger charge is -2.23. The molecule has 0 saturated carbocycles. The van der Waals surface area contributed by atoms with E-state index in [0.29, 0.717) is 5.56 Å². The first-order chi connectivity index (χ1) is 8.44. The zero-order valence-electron chi connectivity index (χ0n) is 10.1. The second kappa shape index (κ2) is 6.85. The molecular weight excluding hydrogens is 298 g/mol. The van der Waals surface area contributed by atoms with Crippen LogP contribution >= 0.6 is 30.8 Å². The van der Waals surface area contributed by atoms with E-state index in [-0.39, 0.29) is 23.5 Å². The van der Waals surface area contributed by atoms with Gasteiger partial charge in [0.2, 0.25) is 0 Å². The second-order valence-corrected chi connectivity index (χ2v) is 6.23. The molecule has 8 heteroatoms. The summed E-state index contributed by atoms with van der Waals surface area (Å²) in [5.41, 5.74) is 6.30. The van der Waals surface area contributed by atoms with Crippen molar-refractivity contribution in [2.75, 3.05) is 13.2 Å². The molecule has 0 aliphatic carbocycles. The molecule has 0 aromatic carbocycles. The van der Waals surface area contributed by atoms with Gasteiger partial charge in [0.25, 0.3) is 0 Å². The van der Waals surface area contributed by atoms with Crippen LogP contribution in [0.5, 0.6) is 0 Å². The van der Waals surface area contributed by atoms with Gasteiger partial charge in [-0.3, -0.25) is 4.57 Å². The first kappa shape index (κ1) is 15.9. The van der Waals surface area contributed by atoms with Crippen LogP contribution in [0.1, 0.15) is 25.2 Å². The van der Waals surface area contributed by atoms with Crippen molar-refractivity contribution in [3.05, 3.63) is 28.0 Å². The summed E-state index contributed by atoms with van der Waals surface area (Å²) < 4.78 is 22.8. The van der Waals surface area contributed by atoms with Crippen LogP contribution in [0, 0.1) is 0 Å². The molecule has 1 rings (SSSR count). The second-order valence-electron chi connectivity index (χ2n) is 3.33. The fourth-order valence-electron chi connectivity index (χ4n) is 1.37. The molecule has 0 bridgehead atoms. The van der Waals surface area contributed by atoms with E-state index >= 15 is 0 Å². The SMILES string of the molecule is CCOP(=O)(OCC)[C@@H](N)c1ccc(Cl)nc1Cl. The highest BCUT2D eigenvalue weighted by molar-refractivity contribution is 7.54. The highest BCUT2D eigenvalue weighted by atomic mass is 35.5. The van der Waals surface area contributed by atoms with Gasteiger partial charge in [0.05, 0.1) is 13.2 Å². The van der Waals surface area contributed by atoms with Crippen molar-refractivity contribution < 1.29 is 13.6 Å². The summed E-state index contributed by atoms with van der Waals surface area (Å²) in [6.07, 6.45) is 0. The molecular formula is C10H15Cl2N2O3P. The molecule has 2 N–H and O–H groups in total. The van der Waals surface area contributed by atoms with Gasteiger partial charge in [-0.1, -0.05) is 29.3 Å². The zero-order valence-corrected chi connectivity index (χ0v) is 12.5. The van der Waals surface area contributed by atoms with Crippen LogP contribution in [0.2, 0.25) is 10.3 Å².